The first-order valence-electron chi connectivity index (χ1n) is 6.94. The summed E-state index contributed by atoms with van der Waals surface area (Å²) < 4.78 is 0. The van der Waals surface area contributed by atoms with Crippen molar-refractivity contribution in [2.24, 2.45) is 5.92 Å². The summed E-state index contributed by atoms with van der Waals surface area (Å²) in [6, 6.07) is -0.216. The van der Waals surface area contributed by atoms with Gasteiger partial charge in [-0.15, -0.1) is 0 Å². The zero-order valence-electron chi connectivity index (χ0n) is 11.7. The zero-order chi connectivity index (χ0) is 14.9. The largest absolute Gasteiger partial charge is 0.540 e. The van der Waals surface area contributed by atoms with E-state index in [9.17, 15) is 19.8 Å². The number of rotatable bonds is 3. The highest BCUT2D eigenvalue weighted by Crippen LogP contribution is 2.36. The van der Waals surface area contributed by atoms with Crippen LogP contribution in [0.5, 0.6) is 0 Å². The number of aliphatic carboxylic acids is 1. The Morgan fingerprint density at radius 3 is 2.70 bits per heavy atom. The second-order valence-electron chi connectivity index (χ2n) is 5.44. The molecule has 0 aromatic rings. The molecule has 2 aliphatic heterocycles. The van der Waals surface area contributed by atoms with Crippen LogP contribution in [0.4, 0.5) is 0 Å². The van der Waals surface area contributed by atoms with Gasteiger partial charge < -0.3 is 15.0 Å². The van der Waals surface area contributed by atoms with Crippen molar-refractivity contribution in [2.45, 2.75) is 50.0 Å². The van der Waals surface area contributed by atoms with Crippen LogP contribution in [-0.4, -0.2) is 40.6 Å². The summed E-state index contributed by atoms with van der Waals surface area (Å²) in [7, 11) is 0. The molecule has 2 aliphatic rings. The highest BCUT2D eigenvalue weighted by molar-refractivity contribution is 7.99. The van der Waals surface area contributed by atoms with Crippen LogP contribution in [0.3, 0.4) is 0 Å². The van der Waals surface area contributed by atoms with E-state index in [1.807, 2.05) is 6.26 Å². The molecule has 0 aromatic carbocycles. The van der Waals surface area contributed by atoms with E-state index < -0.39 is 18.0 Å². The second-order valence-corrected chi connectivity index (χ2v) is 6.52. The molecule has 20 heavy (non-hydrogen) atoms. The number of nitrogens with zero attached hydrogens (tertiary/aromatic N) is 1. The lowest BCUT2D eigenvalue weighted by Gasteiger charge is -2.37. The molecule has 6 heteroatoms. The Morgan fingerprint density at radius 1 is 1.50 bits per heavy atom. The third kappa shape index (κ3) is 2.77. The Balaban J connectivity index is 2.33. The minimum absolute atomic E-state index is 0.0295. The fourth-order valence-electron chi connectivity index (χ4n) is 3.09. The molecular weight excluding hydrogens is 278 g/mol. The summed E-state index contributed by atoms with van der Waals surface area (Å²) in [4.78, 5) is 24.8. The summed E-state index contributed by atoms with van der Waals surface area (Å²) in [5.41, 5.74) is -0.0295. The zero-order valence-corrected chi connectivity index (χ0v) is 12.6. The Bertz CT molecular complexity index is 435. The molecule has 0 aliphatic carbocycles. The fraction of sp³-hybridized carbons (Fsp3) is 0.714. The van der Waals surface area contributed by atoms with E-state index in [4.69, 9.17) is 0 Å². The van der Waals surface area contributed by atoms with Gasteiger partial charge in [-0.05, 0) is 32.1 Å². The lowest BCUT2D eigenvalue weighted by Crippen LogP contribution is -2.68. The number of aliphatic hydroxyl groups excluding tert-OH is 1. The summed E-state index contributed by atoms with van der Waals surface area (Å²) >= 11 is 1.58. The highest BCUT2D eigenvalue weighted by Gasteiger charge is 2.62. The maximum atomic E-state index is 12.2. The van der Waals surface area contributed by atoms with Crippen LogP contribution in [-0.2, 0) is 9.59 Å². The van der Waals surface area contributed by atoms with Crippen molar-refractivity contribution in [1.29, 1.82) is 0 Å². The van der Waals surface area contributed by atoms with Gasteiger partial charge in [0.2, 0.25) is 5.70 Å². The first-order valence-corrected chi connectivity index (χ1v) is 8.23. The molecule has 5 nitrogen and oxygen atoms in total. The van der Waals surface area contributed by atoms with Crippen LogP contribution >= 0.6 is 11.8 Å². The number of thioether (sulfide) groups is 1. The molecule has 2 rings (SSSR count). The number of carboxylic acids is 1. The number of carbonyl (C=O) groups excluding carboxylic acids is 2. The van der Waals surface area contributed by atoms with Gasteiger partial charge in [-0.3, -0.25) is 0 Å². The smallest absolute Gasteiger partial charge is 0.379 e. The standard InChI is InChI=1S/C14H21NO4S/c1-8(16)12-10-6-4-3-5-9(20-2)7-11(14(18)19)15(10)13(12)17/h7-10,12,16H,3-6H2,1-2H3,(H,18,19)/q+1/p-1/t8?,9-,10?,12+/m0/s1. The first kappa shape index (κ1) is 15.5. The molecule has 4 atom stereocenters. The number of fused-ring (bicyclic) bond motifs is 1. The number of hydrogen-bond acceptors (Lipinski definition) is 5. The van der Waals surface area contributed by atoms with E-state index in [0.717, 1.165) is 25.7 Å². The molecule has 2 unspecified atom stereocenters. The average Bonchev–Trinajstić information content (AvgIpc) is 2.45. The predicted octanol–water partition coefficient (Wildman–Crippen LogP) is -0.0283. The van der Waals surface area contributed by atoms with Crippen molar-refractivity contribution in [2.75, 3.05) is 6.26 Å². The molecular formula is C14H20NO4S. The van der Waals surface area contributed by atoms with E-state index in [1.165, 1.54) is 4.90 Å². The molecule has 1 N–H and O–H groups in total. The Hall–Kier alpha value is -0.850. The number of hydrogen-bond donors (Lipinski definition) is 1. The Morgan fingerprint density at radius 2 is 2.15 bits per heavy atom. The van der Waals surface area contributed by atoms with Crippen molar-refractivity contribution in [3.8, 4) is 0 Å². The normalized spacial score (nSPS) is 33.0. The molecule has 0 aromatic heterocycles. The maximum absolute atomic E-state index is 12.2. The van der Waals surface area contributed by atoms with E-state index >= 15 is 0 Å². The first-order chi connectivity index (χ1) is 9.47. The lowest BCUT2D eigenvalue weighted by atomic mass is 9.80. The van der Waals surface area contributed by atoms with Crippen LogP contribution < -0.4 is 10.0 Å². The average molecular weight is 298 g/mol. The molecule has 1 fully saturated rings. The summed E-state index contributed by atoms with van der Waals surface area (Å²) in [5.74, 6) is -2.10. The van der Waals surface area contributed by atoms with Gasteiger partial charge >= 0.3 is 5.91 Å². The van der Waals surface area contributed by atoms with Gasteiger partial charge in [0.15, 0.2) is 12.0 Å². The SMILES string of the molecule is CS[C@@H]1C=C(C(=O)[O-])[N+]2C(=O)[C@H](C(C)O)C2CCCC1. The van der Waals surface area contributed by atoms with Gasteiger partial charge in [0, 0.05) is 11.7 Å². The number of β-lactam (4-membered cyclic amide) rings is 1. The van der Waals surface area contributed by atoms with Crippen LogP contribution in [0.15, 0.2) is 11.8 Å². The number of carboxylic acid groups (broad SMARTS) is 1. The van der Waals surface area contributed by atoms with Crippen LogP contribution in [0.25, 0.3) is 0 Å². The van der Waals surface area contributed by atoms with Crippen molar-refractivity contribution in [3.05, 3.63) is 11.8 Å². The quantitative estimate of drug-likeness (QED) is 0.584. The highest BCUT2D eigenvalue weighted by atomic mass is 32.2. The summed E-state index contributed by atoms with van der Waals surface area (Å²) in [6.07, 6.45) is 6.37. The van der Waals surface area contributed by atoms with Crippen molar-refractivity contribution in [3.63, 3.8) is 0 Å². The van der Waals surface area contributed by atoms with Crippen LogP contribution in [0, 0.1) is 5.92 Å². The molecule has 1 saturated heterocycles. The lowest BCUT2D eigenvalue weighted by molar-refractivity contribution is -0.301. The number of aliphatic hydroxyl groups is 1. The van der Waals surface area contributed by atoms with Crippen molar-refractivity contribution in [1.82, 2.24) is 4.90 Å². The predicted molar refractivity (Wildman–Crippen MR) is 75.0 cm³/mol. The molecule has 1 radical (unpaired) electrons. The third-order valence-corrected chi connectivity index (χ3v) is 5.12. The van der Waals surface area contributed by atoms with Gasteiger partial charge in [-0.25, -0.2) is 4.79 Å². The maximum Gasteiger partial charge on any atom is 0.379 e. The van der Waals surface area contributed by atoms with E-state index in [-0.39, 0.29) is 22.9 Å². The minimum atomic E-state index is -1.31. The fourth-order valence-corrected chi connectivity index (χ4v) is 3.76. The molecule has 0 bridgehead atoms. The monoisotopic (exact) mass is 298 g/mol. The van der Waals surface area contributed by atoms with Crippen molar-refractivity contribution < 1.29 is 19.8 Å². The minimum Gasteiger partial charge on any atom is -0.540 e. The van der Waals surface area contributed by atoms with Crippen molar-refractivity contribution >= 4 is 23.6 Å². The van der Waals surface area contributed by atoms with E-state index in [1.54, 1.807) is 24.8 Å². The molecule has 1 amide bonds. The summed E-state index contributed by atoms with van der Waals surface area (Å²) in [5, 5.41) is 21.1. The second kappa shape index (κ2) is 6.28. The molecule has 0 saturated carbocycles. The van der Waals surface area contributed by atoms with Gasteiger partial charge in [0.1, 0.15) is 5.97 Å². The van der Waals surface area contributed by atoms with Gasteiger partial charge in [-0.2, -0.15) is 11.8 Å². The Kier molecular flexibility index (Phi) is 4.88. The molecule has 2 heterocycles. The number of amides is 1. The van der Waals surface area contributed by atoms with Crippen LogP contribution in [0.1, 0.15) is 32.6 Å². The van der Waals surface area contributed by atoms with Crippen LogP contribution in [0.2, 0.25) is 0 Å². The van der Waals surface area contributed by atoms with E-state index in [2.05, 4.69) is 0 Å². The van der Waals surface area contributed by atoms with Gasteiger partial charge in [0.25, 0.3) is 0 Å². The van der Waals surface area contributed by atoms with Gasteiger partial charge in [0.05, 0.1) is 6.10 Å². The van der Waals surface area contributed by atoms with E-state index in [0.29, 0.717) is 0 Å². The molecule has 0 spiro atoms. The Labute approximate surface area is 123 Å². The molecule has 111 valence electrons. The third-order valence-electron chi connectivity index (χ3n) is 4.14. The number of carbonyl (C=O) groups is 2. The topological polar surface area (TPSA) is 83.3 Å². The summed E-state index contributed by atoms with van der Waals surface area (Å²) in [6.45, 7) is 1.58. The van der Waals surface area contributed by atoms with Gasteiger partial charge in [-0.1, -0.05) is 11.3 Å².